The number of aromatic nitrogens is 3. The average molecular weight is 667 g/mol. The SMILES string of the molecule is CC1(C)c2c(ccc3ccccc23)-c2c1c1ccccc1c1c3cc4ccccc4cc3n(-c3cc(-c4ccccn4)nc(C4C=CC=CN4)c3)c21. The number of nitrogens with one attached hydrogen (secondary N) is 1. The summed E-state index contributed by atoms with van der Waals surface area (Å²) < 4.78 is 2.53. The van der Waals surface area contributed by atoms with E-state index >= 15 is 0 Å². The highest BCUT2D eigenvalue weighted by molar-refractivity contribution is 6.29. The lowest BCUT2D eigenvalue weighted by atomic mass is 9.78. The Morgan fingerprint density at radius 3 is 2.17 bits per heavy atom. The number of rotatable bonds is 3. The highest BCUT2D eigenvalue weighted by Gasteiger charge is 2.41. The molecule has 0 fully saturated rings. The Bertz CT molecular complexity index is 3020. The van der Waals surface area contributed by atoms with Crippen molar-refractivity contribution in [3.8, 4) is 28.2 Å². The van der Waals surface area contributed by atoms with E-state index < -0.39 is 0 Å². The van der Waals surface area contributed by atoms with Gasteiger partial charge in [0, 0.05) is 27.9 Å². The minimum Gasteiger partial charge on any atom is -0.379 e. The summed E-state index contributed by atoms with van der Waals surface area (Å²) in [5.41, 5.74) is 11.3. The summed E-state index contributed by atoms with van der Waals surface area (Å²) in [6.07, 6.45) is 10.1. The van der Waals surface area contributed by atoms with Crippen LogP contribution in [0.4, 0.5) is 0 Å². The topological polar surface area (TPSA) is 42.7 Å². The molecule has 6 aromatic carbocycles. The molecule has 4 heterocycles. The summed E-state index contributed by atoms with van der Waals surface area (Å²) in [5.74, 6) is 0. The molecule has 4 nitrogen and oxygen atoms in total. The van der Waals surface area contributed by atoms with Crippen molar-refractivity contribution in [3.05, 3.63) is 175 Å². The van der Waals surface area contributed by atoms with E-state index in [4.69, 9.17) is 9.97 Å². The molecule has 0 saturated carbocycles. The zero-order valence-corrected chi connectivity index (χ0v) is 28.9. The average Bonchev–Trinajstić information content (AvgIpc) is 3.66. The lowest BCUT2D eigenvalue weighted by Crippen LogP contribution is -2.17. The van der Waals surface area contributed by atoms with Crippen molar-refractivity contribution in [2.45, 2.75) is 25.3 Å². The molecule has 52 heavy (non-hydrogen) atoms. The molecule has 246 valence electrons. The van der Waals surface area contributed by atoms with Crippen LogP contribution >= 0.6 is 0 Å². The Morgan fingerprint density at radius 1 is 0.635 bits per heavy atom. The van der Waals surface area contributed by atoms with Crippen LogP contribution in [0, 0.1) is 0 Å². The van der Waals surface area contributed by atoms with Gasteiger partial charge in [-0.05, 0) is 97.7 Å². The molecular formula is C48H34N4. The number of pyridine rings is 2. The van der Waals surface area contributed by atoms with Crippen LogP contribution in [0.2, 0.25) is 0 Å². The van der Waals surface area contributed by atoms with Crippen molar-refractivity contribution in [1.82, 2.24) is 19.9 Å². The molecule has 4 heteroatoms. The molecule has 2 aliphatic rings. The lowest BCUT2D eigenvalue weighted by molar-refractivity contribution is 0.672. The first kappa shape index (κ1) is 29.2. The van der Waals surface area contributed by atoms with Gasteiger partial charge in [0.2, 0.25) is 0 Å². The lowest BCUT2D eigenvalue weighted by Gasteiger charge is -2.25. The normalized spacial score (nSPS) is 15.8. The van der Waals surface area contributed by atoms with E-state index in [0.29, 0.717) is 0 Å². The molecule has 3 aromatic heterocycles. The molecular weight excluding hydrogens is 633 g/mol. The van der Waals surface area contributed by atoms with Crippen molar-refractivity contribution >= 4 is 54.1 Å². The molecule has 11 rings (SSSR count). The molecule has 9 aromatic rings. The van der Waals surface area contributed by atoms with Gasteiger partial charge in [-0.15, -0.1) is 0 Å². The molecule has 0 spiro atoms. The van der Waals surface area contributed by atoms with Gasteiger partial charge in [0.25, 0.3) is 0 Å². The van der Waals surface area contributed by atoms with Crippen LogP contribution in [0.25, 0.3) is 82.3 Å². The van der Waals surface area contributed by atoms with Crippen LogP contribution in [-0.4, -0.2) is 14.5 Å². The van der Waals surface area contributed by atoms with Crippen LogP contribution in [0.5, 0.6) is 0 Å². The quantitative estimate of drug-likeness (QED) is 0.204. The number of hydrogen-bond acceptors (Lipinski definition) is 3. The molecule has 0 saturated heterocycles. The Labute approximate surface area is 301 Å². The summed E-state index contributed by atoms with van der Waals surface area (Å²) in [7, 11) is 0. The second-order valence-electron chi connectivity index (χ2n) is 14.6. The molecule has 0 bridgehead atoms. The standard InChI is InChI=1S/C48H34N4/c1-48(2)45-33-16-6-5-13-29(33)21-22-36(45)44-46(48)35-18-8-7-17-34(35)43-37-25-30-14-3-4-15-31(30)26-42(37)52(47(43)44)32-27-40(38-19-9-11-23-49-38)51-41(28-32)39-20-10-12-24-50-39/h3-28,38,49H,1-2H3. The van der Waals surface area contributed by atoms with Gasteiger partial charge in [-0.2, -0.15) is 0 Å². The summed E-state index contributed by atoms with van der Waals surface area (Å²) >= 11 is 0. The Morgan fingerprint density at radius 2 is 1.38 bits per heavy atom. The molecule has 1 aliphatic heterocycles. The second-order valence-corrected chi connectivity index (χ2v) is 14.6. The number of nitrogens with zero attached hydrogens (tertiary/aromatic N) is 3. The maximum absolute atomic E-state index is 5.24. The van der Waals surface area contributed by atoms with E-state index in [1.54, 1.807) is 0 Å². The van der Waals surface area contributed by atoms with Crippen molar-refractivity contribution in [1.29, 1.82) is 0 Å². The van der Waals surface area contributed by atoms with E-state index in [0.717, 1.165) is 22.8 Å². The smallest absolute Gasteiger partial charge is 0.0911 e. The molecule has 1 N–H and O–H groups in total. The summed E-state index contributed by atoms with van der Waals surface area (Å²) in [6, 6.07) is 46.6. The molecule has 0 amide bonds. The molecule has 1 aliphatic carbocycles. The van der Waals surface area contributed by atoms with Crippen LogP contribution in [0.1, 0.15) is 36.7 Å². The molecule has 1 unspecified atom stereocenters. The predicted molar refractivity (Wildman–Crippen MR) is 216 cm³/mol. The van der Waals surface area contributed by atoms with Crippen LogP contribution in [0.3, 0.4) is 0 Å². The maximum Gasteiger partial charge on any atom is 0.0911 e. The van der Waals surface area contributed by atoms with Crippen LogP contribution in [0.15, 0.2) is 158 Å². The number of benzene rings is 6. The van der Waals surface area contributed by atoms with E-state index in [-0.39, 0.29) is 11.5 Å². The van der Waals surface area contributed by atoms with E-state index in [1.165, 1.54) is 76.4 Å². The van der Waals surface area contributed by atoms with E-state index in [1.807, 2.05) is 30.6 Å². The van der Waals surface area contributed by atoms with Gasteiger partial charge >= 0.3 is 0 Å². The van der Waals surface area contributed by atoms with Crippen molar-refractivity contribution in [3.63, 3.8) is 0 Å². The van der Waals surface area contributed by atoms with E-state index in [9.17, 15) is 0 Å². The first-order valence-electron chi connectivity index (χ1n) is 18.0. The van der Waals surface area contributed by atoms with Gasteiger partial charge in [0.1, 0.15) is 0 Å². The fraction of sp³-hybridized carbons (Fsp3) is 0.0833. The third-order valence-corrected chi connectivity index (χ3v) is 11.4. The van der Waals surface area contributed by atoms with Crippen LogP contribution < -0.4 is 5.32 Å². The molecule has 0 radical (unpaired) electrons. The van der Waals surface area contributed by atoms with Crippen molar-refractivity contribution in [2.24, 2.45) is 0 Å². The van der Waals surface area contributed by atoms with Crippen molar-refractivity contribution in [2.75, 3.05) is 0 Å². The van der Waals surface area contributed by atoms with Gasteiger partial charge in [0.05, 0.1) is 39.8 Å². The highest BCUT2D eigenvalue weighted by atomic mass is 15.0. The van der Waals surface area contributed by atoms with Gasteiger partial charge in [-0.3, -0.25) is 4.98 Å². The number of dihydropyridines is 1. The van der Waals surface area contributed by atoms with E-state index in [2.05, 4.69) is 151 Å². The Hall–Kier alpha value is -6.52. The summed E-state index contributed by atoms with van der Waals surface area (Å²) in [6.45, 7) is 4.84. The van der Waals surface area contributed by atoms with Crippen LogP contribution in [-0.2, 0) is 5.41 Å². The summed E-state index contributed by atoms with van der Waals surface area (Å²) in [5, 5.41) is 13.7. The second kappa shape index (κ2) is 10.7. The van der Waals surface area contributed by atoms with Gasteiger partial charge in [0.15, 0.2) is 0 Å². The maximum atomic E-state index is 5.24. The zero-order valence-electron chi connectivity index (χ0n) is 28.9. The number of hydrogen-bond donors (Lipinski definition) is 1. The highest BCUT2D eigenvalue weighted by Crippen LogP contribution is 2.58. The summed E-state index contributed by atoms with van der Waals surface area (Å²) in [4.78, 5) is 10.0. The zero-order chi connectivity index (χ0) is 34.6. The third-order valence-electron chi connectivity index (χ3n) is 11.4. The third kappa shape index (κ3) is 4.03. The van der Waals surface area contributed by atoms with Gasteiger partial charge in [-0.25, -0.2) is 4.98 Å². The van der Waals surface area contributed by atoms with Gasteiger partial charge in [-0.1, -0.05) is 117 Å². The number of fused-ring (bicyclic) bond motifs is 13. The molecule has 1 atom stereocenters. The largest absolute Gasteiger partial charge is 0.379 e. The number of allylic oxidation sites excluding steroid dienone is 2. The van der Waals surface area contributed by atoms with Crippen molar-refractivity contribution < 1.29 is 0 Å². The first-order chi connectivity index (χ1) is 25.6. The fourth-order valence-electron chi connectivity index (χ4n) is 9.21. The monoisotopic (exact) mass is 666 g/mol. The minimum absolute atomic E-state index is 0.0705. The predicted octanol–water partition coefficient (Wildman–Crippen LogP) is 11.7. The van der Waals surface area contributed by atoms with Gasteiger partial charge < -0.3 is 9.88 Å². The Kier molecular flexibility index (Phi) is 6.04. The minimum atomic E-state index is -0.239. The first-order valence-corrected chi connectivity index (χ1v) is 18.0. The Balaban J connectivity index is 1.37. The fourth-order valence-corrected chi connectivity index (χ4v) is 9.21.